The molecule has 7 aromatic rings. The van der Waals surface area contributed by atoms with Gasteiger partial charge in [0, 0.05) is 54.3 Å². The highest BCUT2D eigenvalue weighted by atomic mass is 32.1. The first-order chi connectivity index (χ1) is 24.2. The minimum absolute atomic E-state index is 0.409. The van der Waals surface area contributed by atoms with Gasteiger partial charge in [-0.05, 0) is 146 Å². The maximum absolute atomic E-state index is 2.47. The van der Waals surface area contributed by atoms with Gasteiger partial charge in [-0.2, -0.15) is 0 Å². The lowest BCUT2D eigenvalue weighted by molar-refractivity contribution is -0.00518. The van der Waals surface area contributed by atoms with Gasteiger partial charge in [-0.1, -0.05) is 72.8 Å². The molecule has 4 aliphatic carbocycles. The molecule has 0 radical (unpaired) electrons. The molecule has 4 aliphatic rings. The molecule has 0 amide bonds. The van der Waals surface area contributed by atoms with Crippen LogP contribution in [0.25, 0.3) is 20.2 Å². The molecule has 240 valence electrons. The number of para-hydroxylation sites is 2. The zero-order chi connectivity index (χ0) is 32.4. The van der Waals surface area contributed by atoms with Crippen molar-refractivity contribution in [1.82, 2.24) is 0 Å². The first kappa shape index (κ1) is 29.1. The van der Waals surface area contributed by atoms with E-state index in [0.717, 1.165) is 40.5 Å². The SMILES string of the molecule is c1ccc(N(c2ccc(N(c3ccccc3)c3ccc4c(c3)sc3ccccc34)cc2)c2ccc(C34CC5CC(CC(C5)C3)C4)cc2)cc1. The number of anilines is 6. The van der Waals surface area contributed by atoms with E-state index in [4.69, 9.17) is 0 Å². The summed E-state index contributed by atoms with van der Waals surface area (Å²) in [6.45, 7) is 0. The first-order valence-corrected chi connectivity index (χ1v) is 18.8. The lowest BCUT2D eigenvalue weighted by Gasteiger charge is -2.57. The molecule has 2 nitrogen and oxygen atoms in total. The minimum atomic E-state index is 0.409. The molecule has 0 N–H and O–H groups in total. The van der Waals surface area contributed by atoms with Gasteiger partial charge < -0.3 is 9.80 Å². The molecule has 0 aliphatic heterocycles. The van der Waals surface area contributed by atoms with E-state index in [0.29, 0.717) is 5.41 Å². The Balaban J connectivity index is 1.02. The number of rotatable bonds is 7. The normalized spacial score (nSPS) is 22.5. The minimum Gasteiger partial charge on any atom is -0.311 e. The Bertz CT molecular complexity index is 2220. The Labute approximate surface area is 293 Å². The molecule has 4 fully saturated rings. The molecule has 1 aromatic heterocycles. The Morgan fingerprint density at radius 1 is 0.408 bits per heavy atom. The van der Waals surface area contributed by atoms with Crippen molar-refractivity contribution in [3.05, 3.63) is 157 Å². The van der Waals surface area contributed by atoms with Crippen LogP contribution in [-0.2, 0) is 5.41 Å². The number of thiophene rings is 1. The summed E-state index contributed by atoms with van der Waals surface area (Å²) in [6, 6.07) is 56.0. The van der Waals surface area contributed by atoms with Gasteiger partial charge in [0.25, 0.3) is 0 Å². The summed E-state index contributed by atoms with van der Waals surface area (Å²) in [7, 11) is 0. The van der Waals surface area contributed by atoms with Crippen molar-refractivity contribution < 1.29 is 0 Å². The zero-order valence-electron chi connectivity index (χ0n) is 27.7. The summed E-state index contributed by atoms with van der Waals surface area (Å²) in [5.41, 5.74) is 8.98. The molecule has 0 spiro atoms. The van der Waals surface area contributed by atoms with Crippen molar-refractivity contribution in [2.75, 3.05) is 9.80 Å². The third-order valence-electron chi connectivity index (χ3n) is 11.8. The van der Waals surface area contributed by atoms with Crippen molar-refractivity contribution in [2.45, 2.75) is 43.9 Å². The molecule has 3 heteroatoms. The lowest BCUT2D eigenvalue weighted by atomic mass is 9.48. The standard InChI is InChI=1S/C46H40N2S/c1-3-9-36(10-4-1)47(38-17-15-35(16-18-38)46-29-32-25-33(30-46)27-34(26-32)31-46)39-19-21-40(22-20-39)48(37-11-5-2-6-12-37)41-23-24-43-42-13-7-8-14-44(42)49-45(43)28-41/h1-24,28,32-34H,25-27,29-31H2. The van der Waals surface area contributed by atoms with Gasteiger partial charge >= 0.3 is 0 Å². The van der Waals surface area contributed by atoms with Crippen molar-refractivity contribution in [3.63, 3.8) is 0 Å². The Hall–Kier alpha value is -4.86. The molecule has 49 heavy (non-hydrogen) atoms. The molecule has 4 saturated carbocycles. The third-order valence-corrected chi connectivity index (χ3v) is 12.9. The maximum atomic E-state index is 2.47. The summed E-state index contributed by atoms with van der Waals surface area (Å²) in [6.07, 6.45) is 8.64. The molecule has 1 heterocycles. The smallest absolute Gasteiger partial charge is 0.0476 e. The van der Waals surface area contributed by atoms with Gasteiger partial charge in [-0.15, -0.1) is 11.3 Å². The Morgan fingerprint density at radius 3 is 1.41 bits per heavy atom. The quantitative estimate of drug-likeness (QED) is 0.169. The van der Waals surface area contributed by atoms with Gasteiger partial charge in [0.05, 0.1) is 0 Å². The van der Waals surface area contributed by atoms with Gasteiger partial charge in [0.1, 0.15) is 0 Å². The highest BCUT2D eigenvalue weighted by Gasteiger charge is 2.51. The van der Waals surface area contributed by atoms with Gasteiger partial charge in [-0.25, -0.2) is 0 Å². The molecule has 0 atom stereocenters. The molecule has 11 rings (SSSR count). The fraction of sp³-hybridized carbons (Fsp3) is 0.217. The largest absolute Gasteiger partial charge is 0.311 e. The van der Waals surface area contributed by atoms with Crippen LogP contribution in [0.4, 0.5) is 34.1 Å². The van der Waals surface area contributed by atoms with Crippen LogP contribution in [0.5, 0.6) is 0 Å². The van der Waals surface area contributed by atoms with E-state index in [1.807, 2.05) is 11.3 Å². The van der Waals surface area contributed by atoms with Gasteiger partial charge in [0.2, 0.25) is 0 Å². The zero-order valence-corrected chi connectivity index (χ0v) is 28.5. The average Bonchev–Trinajstić information content (AvgIpc) is 3.51. The molecule has 0 unspecified atom stereocenters. The fourth-order valence-corrected chi connectivity index (χ4v) is 11.2. The van der Waals surface area contributed by atoms with E-state index in [1.54, 1.807) is 5.56 Å². The lowest BCUT2D eigenvalue weighted by Crippen LogP contribution is -2.48. The highest BCUT2D eigenvalue weighted by Crippen LogP contribution is 2.61. The molecule has 4 bridgehead atoms. The number of nitrogens with zero attached hydrogens (tertiary/aromatic N) is 2. The van der Waals surface area contributed by atoms with E-state index in [-0.39, 0.29) is 0 Å². The van der Waals surface area contributed by atoms with Crippen LogP contribution in [0.1, 0.15) is 44.1 Å². The van der Waals surface area contributed by atoms with Crippen LogP contribution in [0, 0.1) is 17.8 Å². The number of hydrogen-bond acceptors (Lipinski definition) is 3. The van der Waals surface area contributed by atoms with Crippen LogP contribution in [0.15, 0.2) is 152 Å². The number of hydrogen-bond donors (Lipinski definition) is 0. The highest BCUT2D eigenvalue weighted by molar-refractivity contribution is 7.25. The average molecular weight is 653 g/mol. The summed E-state index contributed by atoms with van der Waals surface area (Å²) < 4.78 is 2.64. The van der Waals surface area contributed by atoms with Crippen LogP contribution in [0.3, 0.4) is 0 Å². The monoisotopic (exact) mass is 652 g/mol. The van der Waals surface area contributed by atoms with Crippen molar-refractivity contribution in [1.29, 1.82) is 0 Å². The predicted molar refractivity (Wildman–Crippen MR) is 209 cm³/mol. The van der Waals surface area contributed by atoms with E-state index in [1.165, 1.54) is 70.1 Å². The van der Waals surface area contributed by atoms with E-state index in [2.05, 4.69) is 161 Å². The van der Waals surface area contributed by atoms with Crippen molar-refractivity contribution in [3.8, 4) is 0 Å². The molecule has 0 saturated heterocycles. The second-order valence-electron chi connectivity index (χ2n) is 14.9. The van der Waals surface area contributed by atoms with Crippen molar-refractivity contribution >= 4 is 65.6 Å². The summed E-state index contributed by atoms with van der Waals surface area (Å²) in [4.78, 5) is 4.78. The van der Waals surface area contributed by atoms with E-state index in [9.17, 15) is 0 Å². The van der Waals surface area contributed by atoms with Crippen LogP contribution in [-0.4, -0.2) is 0 Å². The van der Waals surface area contributed by atoms with Crippen molar-refractivity contribution in [2.24, 2.45) is 17.8 Å². The molecular weight excluding hydrogens is 613 g/mol. The summed E-state index contributed by atoms with van der Waals surface area (Å²) in [5, 5.41) is 2.65. The Kier molecular flexibility index (Phi) is 6.91. The topological polar surface area (TPSA) is 6.48 Å². The second-order valence-corrected chi connectivity index (χ2v) is 16.0. The van der Waals surface area contributed by atoms with Crippen LogP contribution in [0.2, 0.25) is 0 Å². The van der Waals surface area contributed by atoms with E-state index >= 15 is 0 Å². The second kappa shape index (κ2) is 11.6. The predicted octanol–water partition coefficient (Wildman–Crippen LogP) is 13.5. The summed E-state index contributed by atoms with van der Waals surface area (Å²) >= 11 is 1.87. The fourth-order valence-electron chi connectivity index (χ4n) is 10.1. The Morgan fingerprint density at radius 2 is 0.837 bits per heavy atom. The molecule has 6 aromatic carbocycles. The third kappa shape index (κ3) is 5.06. The number of fused-ring (bicyclic) bond motifs is 3. The van der Waals surface area contributed by atoms with Gasteiger partial charge in [-0.3, -0.25) is 0 Å². The molecular formula is C46H40N2S. The van der Waals surface area contributed by atoms with Crippen LogP contribution < -0.4 is 9.80 Å². The van der Waals surface area contributed by atoms with E-state index < -0.39 is 0 Å². The summed E-state index contributed by atoms with van der Waals surface area (Å²) in [5.74, 6) is 2.85. The first-order valence-electron chi connectivity index (χ1n) is 18.0. The van der Waals surface area contributed by atoms with Crippen LogP contribution >= 0.6 is 11.3 Å². The maximum Gasteiger partial charge on any atom is 0.0476 e. The number of benzene rings is 6. The van der Waals surface area contributed by atoms with Gasteiger partial charge in [0.15, 0.2) is 0 Å².